The summed E-state index contributed by atoms with van der Waals surface area (Å²) in [5.41, 5.74) is 8.50. The lowest BCUT2D eigenvalue weighted by Crippen LogP contribution is -2.21. The molecule has 0 spiro atoms. The lowest BCUT2D eigenvalue weighted by Gasteiger charge is -2.21. The lowest BCUT2D eigenvalue weighted by molar-refractivity contribution is -0.0698. The number of aryl methyl sites for hydroxylation is 2. The number of nitrogens with two attached hydrogens (primary N) is 1. The van der Waals surface area contributed by atoms with Crippen molar-refractivity contribution in [3.8, 4) is 0 Å². The summed E-state index contributed by atoms with van der Waals surface area (Å²) in [6, 6.07) is 8.03. The molecule has 1 aromatic heterocycles. The molecule has 0 aliphatic carbocycles. The molecule has 3 rings (SSSR count). The Bertz CT molecular complexity index is 1060. The number of benzene rings is 2. The van der Waals surface area contributed by atoms with E-state index in [1.54, 1.807) is 6.07 Å². The van der Waals surface area contributed by atoms with E-state index in [1.165, 1.54) is 19.2 Å². The van der Waals surface area contributed by atoms with E-state index in [0.29, 0.717) is 17.2 Å². The third kappa shape index (κ3) is 4.64. The van der Waals surface area contributed by atoms with Crippen LogP contribution in [0.25, 0.3) is 10.9 Å². The number of halogens is 3. The summed E-state index contributed by atoms with van der Waals surface area (Å²) in [6.07, 6.45) is 0. The zero-order chi connectivity index (χ0) is 21.3. The van der Waals surface area contributed by atoms with Gasteiger partial charge < -0.3 is 15.8 Å². The molecule has 2 aromatic carbocycles. The van der Waals surface area contributed by atoms with E-state index in [0.717, 1.165) is 20.9 Å². The van der Waals surface area contributed by atoms with Crippen molar-refractivity contribution in [3.63, 3.8) is 0 Å². The van der Waals surface area contributed by atoms with Crippen molar-refractivity contribution in [2.75, 3.05) is 24.8 Å². The molecule has 0 radical (unpaired) electrons. The number of hydrogen-bond acceptors (Lipinski definition) is 5. The highest BCUT2D eigenvalue weighted by Gasteiger charge is 2.32. The molecule has 1 atom stereocenters. The van der Waals surface area contributed by atoms with E-state index in [-0.39, 0.29) is 17.3 Å². The number of nitrogens with one attached hydrogen (secondary N) is 1. The molecular weight excluding hydrogens is 442 g/mol. The molecule has 0 aliphatic heterocycles. The van der Waals surface area contributed by atoms with Crippen LogP contribution in [0.15, 0.2) is 34.8 Å². The van der Waals surface area contributed by atoms with Crippen LogP contribution in [0.5, 0.6) is 0 Å². The van der Waals surface area contributed by atoms with Crippen LogP contribution in [0.1, 0.15) is 35.5 Å². The molecule has 8 heteroatoms. The molecule has 3 aromatic rings. The summed E-state index contributed by atoms with van der Waals surface area (Å²) in [6.45, 7) is 4.97. The number of alkyl halides is 2. The normalized spacial score (nSPS) is 12.9. The number of anilines is 2. The van der Waals surface area contributed by atoms with Gasteiger partial charge >= 0.3 is 0 Å². The van der Waals surface area contributed by atoms with Crippen LogP contribution in [0.3, 0.4) is 0 Å². The van der Waals surface area contributed by atoms with Crippen molar-refractivity contribution in [3.05, 3.63) is 57.3 Å². The summed E-state index contributed by atoms with van der Waals surface area (Å²) < 4.78 is 34.2. The first kappa shape index (κ1) is 21.4. The fourth-order valence-electron chi connectivity index (χ4n) is 3.17. The smallest absolute Gasteiger partial charge is 0.296 e. The van der Waals surface area contributed by atoms with Gasteiger partial charge in [-0.1, -0.05) is 15.9 Å². The SMILES string of the molecule is COCC(F)(F)c1cc(N)cc([C@@H](C)Nc2nc(C)nc3cc(C)c(Br)cc23)c1. The average Bonchev–Trinajstić information content (AvgIpc) is 2.62. The van der Waals surface area contributed by atoms with Gasteiger partial charge in [0.05, 0.1) is 11.6 Å². The Morgan fingerprint density at radius 2 is 1.90 bits per heavy atom. The summed E-state index contributed by atoms with van der Waals surface area (Å²) in [4.78, 5) is 9.01. The second-order valence-electron chi connectivity index (χ2n) is 7.13. The Morgan fingerprint density at radius 3 is 2.59 bits per heavy atom. The fraction of sp³-hybridized carbons (Fsp3) is 0.333. The van der Waals surface area contributed by atoms with Crippen LogP contribution < -0.4 is 11.1 Å². The minimum atomic E-state index is -3.13. The first-order chi connectivity index (χ1) is 13.6. The zero-order valence-electron chi connectivity index (χ0n) is 16.7. The van der Waals surface area contributed by atoms with Crippen LogP contribution >= 0.6 is 15.9 Å². The van der Waals surface area contributed by atoms with Crippen molar-refractivity contribution >= 4 is 38.3 Å². The van der Waals surface area contributed by atoms with E-state index >= 15 is 0 Å². The molecule has 0 fully saturated rings. The Labute approximate surface area is 176 Å². The van der Waals surface area contributed by atoms with Gasteiger partial charge in [0.2, 0.25) is 0 Å². The minimum Gasteiger partial charge on any atom is -0.399 e. The maximum absolute atomic E-state index is 14.3. The van der Waals surface area contributed by atoms with E-state index in [4.69, 9.17) is 5.73 Å². The summed E-state index contributed by atoms with van der Waals surface area (Å²) >= 11 is 3.54. The highest BCUT2D eigenvalue weighted by molar-refractivity contribution is 9.10. The predicted molar refractivity (Wildman–Crippen MR) is 115 cm³/mol. The number of methoxy groups -OCH3 is 1. The third-order valence-electron chi connectivity index (χ3n) is 4.67. The van der Waals surface area contributed by atoms with Crippen molar-refractivity contribution in [2.45, 2.75) is 32.7 Å². The van der Waals surface area contributed by atoms with Gasteiger partial charge in [-0.3, -0.25) is 0 Å². The maximum Gasteiger partial charge on any atom is 0.296 e. The quantitative estimate of drug-likeness (QED) is 0.471. The molecule has 1 heterocycles. The monoisotopic (exact) mass is 464 g/mol. The molecular formula is C21H23BrF2N4O. The number of aromatic nitrogens is 2. The van der Waals surface area contributed by atoms with Crippen molar-refractivity contribution < 1.29 is 13.5 Å². The largest absolute Gasteiger partial charge is 0.399 e. The van der Waals surface area contributed by atoms with Crippen LogP contribution in [0.4, 0.5) is 20.3 Å². The van der Waals surface area contributed by atoms with Gasteiger partial charge in [-0.25, -0.2) is 9.97 Å². The third-order valence-corrected chi connectivity index (χ3v) is 5.52. The number of nitrogens with zero attached hydrogens (tertiary/aromatic N) is 2. The Hall–Kier alpha value is -2.32. The van der Waals surface area contributed by atoms with E-state index in [9.17, 15) is 8.78 Å². The Balaban J connectivity index is 2.00. The van der Waals surface area contributed by atoms with Crippen molar-refractivity contribution in [1.29, 1.82) is 0 Å². The van der Waals surface area contributed by atoms with Gasteiger partial charge in [-0.2, -0.15) is 8.78 Å². The molecule has 29 heavy (non-hydrogen) atoms. The summed E-state index contributed by atoms with van der Waals surface area (Å²) in [5, 5.41) is 4.16. The zero-order valence-corrected chi connectivity index (χ0v) is 18.3. The molecule has 0 aliphatic rings. The number of nitrogen functional groups attached to an aromatic ring is 1. The summed E-state index contributed by atoms with van der Waals surface area (Å²) in [5.74, 6) is -1.87. The van der Waals surface area contributed by atoms with Crippen molar-refractivity contribution in [1.82, 2.24) is 9.97 Å². The number of rotatable bonds is 6. The van der Waals surface area contributed by atoms with Gasteiger partial charge in [0, 0.05) is 28.2 Å². The maximum atomic E-state index is 14.3. The Kier molecular flexibility index (Phi) is 6.05. The van der Waals surface area contributed by atoms with Crippen LogP contribution in [-0.4, -0.2) is 23.7 Å². The number of ether oxygens (including phenoxy) is 1. The molecule has 0 saturated heterocycles. The second kappa shape index (κ2) is 8.20. The molecule has 154 valence electrons. The molecule has 3 N–H and O–H groups in total. The topological polar surface area (TPSA) is 73.1 Å². The van der Waals surface area contributed by atoms with Crippen molar-refractivity contribution in [2.24, 2.45) is 0 Å². The minimum absolute atomic E-state index is 0.176. The van der Waals surface area contributed by atoms with Gasteiger partial charge in [-0.15, -0.1) is 0 Å². The van der Waals surface area contributed by atoms with E-state index in [2.05, 4.69) is 36.0 Å². The second-order valence-corrected chi connectivity index (χ2v) is 7.98. The first-order valence-electron chi connectivity index (χ1n) is 9.09. The van der Waals surface area contributed by atoms with Crippen LogP contribution in [0.2, 0.25) is 0 Å². The Morgan fingerprint density at radius 1 is 1.17 bits per heavy atom. The fourth-order valence-corrected chi connectivity index (χ4v) is 3.51. The molecule has 0 amide bonds. The van der Waals surface area contributed by atoms with E-state index < -0.39 is 12.5 Å². The molecule has 0 bridgehead atoms. The van der Waals surface area contributed by atoms with Gasteiger partial charge in [0.1, 0.15) is 18.2 Å². The van der Waals surface area contributed by atoms with Gasteiger partial charge in [0.25, 0.3) is 5.92 Å². The first-order valence-corrected chi connectivity index (χ1v) is 9.88. The lowest BCUT2D eigenvalue weighted by atomic mass is 10.00. The average molecular weight is 465 g/mol. The predicted octanol–water partition coefficient (Wildman–Crippen LogP) is 5.50. The van der Waals surface area contributed by atoms with E-state index in [1.807, 2.05) is 32.9 Å². The van der Waals surface area contributed by atoms with Gasteiger partial charge in [-0.05, 0) is 62.2 Å². The van der Waals surface area contributed by atoms with Crippen LogP contribution in [0, 0.1) is 13.8 Å². The standard InChI is InChI=1S/C21H23BrF2N4O/c1-11-5-19-17(9-18(11)22)20(28-13(3)27-19)26-12(2)14-6-15(8-16(25)7-14)21(23,24)10-29-4/h5-9,12H,10,25H2,1-4H3,(H,26,27,28)/t12-/m1/s1. The highest BCUT2D eigenvalue weighted by Crippen LogP contribution is 2.34. The van der Waals surface area contributed by atoms with Gasteiger partial charge in [0.15, 0.2) is 0 Å². The summed E-state index contributed by atoms with van der Waals surface area (Å²) in [7, 11) is 1.24. The molecule has 0 saturated carbocycles. The molecule has 0 unspecified atom stereocenters. The highest BCUT2D eigenvalue weighted by atomic mass is 79.9. The number of hydrogen-bond donors (Lipinski definition) is 2. The number of fused-ring (bicyclic) bond motifs is 1. The molecule has 5 nitrogen and oxygen atoms in total. The van der Waals surface area contributed by atoms with Crippen LogP contribution in [-0.2, 0) is 10.7 Å².